The van der Waals surface area contributed by atoms with E-state index in [4.69, 9.17) is 9.47 Å². The number of carbonyl (C=O) groups is 1. The van der Waals surface area contributed by atoms with E-state index in [0.29, 0.717) is 23.1 Å². The van der Waals surface area contributed by atoms with E-state index < -0.39 is 0 Å². The van der Waals surface area contributed by atoms with Gasteiger partial charge in [0, 0.05) is 11.6 Å². The van der Waals surface area contributed by atoms with Crippen LogP contribution >= 0.6 is 0 Å². The molecule has 126 valence electrons. The van der Waals surface area contributed by atoms with Crippen LogP contribution in [0.4, 0.5) is 0 Å². The zero-order chi connectivity index (χ0) is 16.5. The van der Waals surface area contributed by atoms with Crippen molar-refractivity contribution in [3.63, 3.8) is 0 Å². The lowest BCUT2D eigenvalue weighted by Gasteiger charge is -2.19. The fourth-order valence-electron chi connectivity index (χ4n) is 3.50. The molecule has 24 heavy (non-hydrogen) atoms. The first-order chi connectivity index (χ1) is 11.7. The van der Waals surface area contributed by atoms with Crippen LogP contribution in [-0.2, 0) is 0 Å². The van der Waals surface area contributed by atoms with E-state index in [0.717, 1.165) is 11.3 Å². The van der Waals surface area contributed by atoms with Crippen LogP contribution in [0.5, 0.6) is 11.5 Å². The number of ether oxygens (including phenoxy) is 2. The lowest BCUT2D eigenvalue weighted by Crippen LogP contribution is -2.37. The van der Waals surface area contributed by atoms with Crippen LogP contribution in [0.1, 0.15) is 43.1 Å². The highest BCUT2D eigenvalue weighted by molar-refractivity contribution is 5.93. The molecule has 0 radical (unpaired) electrons. The molecule has 4 rings (SSSR count). The van der Waals surface area contributed by atoms with Crippen LogP contribution in [0, 0.1) is 5.92 Å². The lowest BCUT2D eigenvalue weighted by molar-refractivity contribution is 0.0922. The fraction of sp³-hybridized carbons (Fsp3) is 0.444. The molecule has 1 aromatic heterocycles. The fourth-order valence-corrected chi connectivity index (χ4v) is 3.50. The molecule has 2 aliphatic rings. The first-order valence-electron chi connectivity index (χ1n) is 8.47. The Kier molecular flexibility index (Phi) is 3.88. The Bertz CT molecular complexity index is 750. The van der Waals surface area contributed by atoms with Gasteiger partial charge in [-0.15, -0.1) is 0 Å². The molecule has 6 nitrogen and oxygen atoms in total. The molecule has 1 saturated carbocycles. The minimum absolute atomic E-state index is 0.103. The normalized spacial score (nSPS) is 17.9. The van der Waals surface area contributed by atoms with Gasteiger partial charge >= 0.3 is 0 Å². The van der Waals surface area contributed by atoms with Gasteiger partial charge in [-0.3, -0.25) is 9.89 Å². The van der Waals surface area contributed by atoms with Gasteiger partial charge in [-0.05, 0) is 49.9 Å². The molecule has 1 fully saturated rings. The van der Waals surface area contributed by atoms with Crippen LogP contribution in [0.15, 0.2) is 24.3 Å². The summed E-state index contributed by atoms with van der Waals surface area (Å²) in [5.41, 5.74) is 2.08. The summed E-state index contributed by atoms with van der Waals surface area (Å²) in [5, 5.41) is 10.2. The molecule has 6 heteroatoms. The minimum Gasteiger partial charge on any atom is -0.454 e. The van der Waals surface area contributed by atoms with Crippen LogP contribution in [-0.4, -0.2) is 28.9 Å². The molecule has 2 aromatic rings. The van der Waals surface area contributed by atoms with Gasteiger partial charge in [0.25, 0.3) is 5.91 Å². The third kappa shape index (κ3) is 2.84. The standard InChI is InChI=1S/C18H21N3O3/c1-11(12-4-2-3-5-12)19-18(22)15-9-14(20-21-15)13-6-7-16-17(8-13)24-10-23-16/h6-9,11-12H,2-5,10H2,1H3,(H,19,22)(H,20,21). The SMILES string of the molecule is CC(NC(=O)c1cc(-c2ccc3c(c2)OCO3)n[nH]1)C1CCCC1. The summed E-state index contributed by atoms with van der Waals surface area (Å²) in [6, 6.07) is 7.60. The maximum atomic E-state index is 12.4. The molecule has 1 amide bonds. The highest BCUT2D eigenvalue weighted by Gasteiger charge is 2.24. The molecule has 1 atom stereocenters. The summed E-state index contributed by atoms with van der Waals surface area (Å²) in [4.78, 5) is 12.4. The minimum atomic E-state index is -0.103. The molecule has 1 aliphatic carbocycles. The van der Waals surface area contributed by atoms with Crippen LogP contribution in [0.3, 0.4) is 0 Å². The average Bonchev–Trinajstić information content (AvgIpc) is 3.33. The molecule has 0 saturated heterocycles. The van der Waals surface area contributed by atoms with Crippen LogP contribution < -0.4 is 14.8 Å². The van der Waals surface area contributed by atoms with Crippen LogP contribution in [0.2, 0.25) is 0 Å². The lowest BCUT2D eigenvalue weighted by atomic mass is 10.00. The number of carbonyl (C=O) groups excluding carboxylic acids is 1. The Balaban J connectivity index is 1.47. The Morgan fingerprint density at radius 2 is 2.04 bits per heavy atom. The number of hydrogen-bond donors (Lipinski definition) is 2. The van der Waals surface area contributed by atoms with Gasteiger partial charge in [-0.1, -0.05) is 12.8 Å². The van der Waals surface area contributed by atoms with E-state index in [1.807, 2.05) is 18.2 Å². The zero-order valence-corrected chi connectivity index (χ0v) is 13.7. The highest BCUT2D eigenvalue weighted by Crippen LogP contribution is 2.35. The number of aromatic nitrogens is 2. The van der Waals surface area contributed by atoms with E-state index in [1.165, 1.54) is 25.7 Å². The number of nitrogens with zero attached hydrogens (tertiary/aromatic N) is 1. The molecule has 0 spiro atoms. The molecule has 2 heterocycles. The van der Waals surface area contributed by atoms with Crippen molar-refractivity contribution in [1.82, 2.24) is 15.5 Å². The maximum Gasteiger partial charge on any atom is 0.269 e. The van der Waals surface area contributed by atoms with E-state index >= 15 is 0 Å². The van der Waals surface area contributed by atoms with Gasteiger partial charge in [0.05, 0.1) is 5.69 Å². The van der Waals surface area contributed by atoms with Crippen molar-refractivity contribution in [3.05, 3.63) is 30.0 Å². The first kappa shape index (κ1) is 15.1. The second-order valence-electron chi connectivity index (χ2n) is 6.54. The summed E-state index contributed by atoms with van der Waals surface area (Å²) >= 11 is 0. The molecular weight excluding hydrogens is 306 g/mol. The Morgan fingerprint density at radius 1 is 1.25 bits per heavy atom. The van der Waals surface area contributed by atoms with Gasteiger partial charge in [-0.2, -0.15) is 5.10 Å². The van der Waals surface area contributed by atoms with Crippen molar-refractivity contribution in [1.29, 1.82) is 0 Å². The predicted molar refractivity (Wildman–Crippen MR) is 89.0 cm³/mol. The number of benzene rings is 1. The number of nitrogens with one attached hydrogen (secondary N) is 2. The monoisotopic (exact) mass is 327 g/mol. The molecule has 2 N–H and O–H groups in total. The van der Waals surface area contributed by atoms with Gasteiger partial charge in [0.15, 0.2) is 11.5 Å². The quantitative estimate of drug-likeness (QED) is 0.904. The van der Waals surface area contributed by atoms with Crippen molar-refractivity contribution in [2.45, 2.75) is 38.6 Å². The molecule has 0 bridgehead atoms. The van der Waals surface area contributed by atoms with Gasteiger partial charge in [-0.25, -0.2) is 0 Å². The number of fused-ring (bicyclic) bond motifs is 1. The van der Waals surface area contributed by atoms with E-state index in [-0.39, 0.29) is 18.7 Å². The molecule has 1 unspecified atom stereocenters. The Hall–Kier alpha value is -2.50. The Labute approximate surface area is 140 Å². The summed E-state index contributed by atoms with van der Waals surface area (Å²) in [6.45, 7) is 2.33. The van der Waals surface area contributed by atoms with Gasteiger partial charge in [0.2, 0.25) is 6.79 Å². The molecular formula is C18H21N3O3. The topological polar surface area (TPSA) is 76.2 Å². The number of hydrogen-bond acceptors (Lipinski definition) is 4. The summed E-state index contributed by atoms with van der Waals surface area (Å²) in [6.07, 6.45) is 4.94. The predicted octanol–water partition coefficient (Wildman–Crippen LogP) is 3.11. The second-order valence-corrected chi connectivity index (χ2v) is 6.54. The summed E-state index contributed by atoms with van der Waals surface area (Å²) in [7, 11) is 0. The average molecular weight is 327 g/mol. The Morgan fingerprint density at radius 3 is 2.88 bits per heavy atom. The van der Waals surface area contributed by atoms with Crippen molar-refractivity contribution in [3.8, 4) is 22.8 Å². The second kappa shape index (κ2) is 6.19. The van der Waals surface area contributed by atoms with E-state index in [1.54, 1.807) is 6.07 Å². The van der Waals surface area contributed by atoms with Crippen molar-refractivity contribution < 1.29 is 14.3 Å². The summed E-state index contributed by atoms with van der Waals surface area (Å²) in [5.74, 6) is 1.92. The highest BCUT2D eigenvalue weighted by atomic mass is 16.7. The van der Waals surface area contributed by atoms with Crippen molar-refractivity contribution in [2.24, 2.45) is 5.92 Å². The van der Waals surface area contributed by atoms with E-state index in [9.17, 15) is 4.79 Å². The third-order valence-electron chi connectivity index (χ3n) is 4.96. The largest absolute Gasteiger partial charge is 0.454 e. The number of amides is 1. The number of H-pyrrole nitrogens is 1. The van der Waals surface area contributed by atoms with Crippen molar-refractivity contribution in [2.75, 3.05) is 6.79 Å². The first-order valence-corrected chi connectivity index (χ1v) is 8.47. The third-order valence-corrected chi connectivity index (χ3v) is 4.96. The molecule has 1 aliphatic heterocycles. The van der Waals surface area contributed by atoms with E-state index in [2.05, 4.69) is 22.4 Å². The zero-order valence-electron chi connectivity index (χ0n) is 13.7. The van der Waals surface area contributed by atoms with Crippen LogP contribution in [0.25, 0.3) is 11.3 Å². The number of aromatic amines is 1. The maximum absolute atomic E-state index is 12.4. The van der Waals surface area contributed by atoms with Gasteiger partial charge < -0.3 is 14.8 Å². The summed E-state index contributed by atoms with van der Waals surface area (Å²) < 4.78 is 10.7. The molecule has 1 aromatic carbocycles. The number of rotatable bonds is 4. The van der Waals surface area contributed by atoms with Gasteiger partial charge in [0.1, 0.15) is 5.69 Å². The van der Waals surface area contributed by atoms with Crippen molar-refractivity contribution >= 4 is 5.91 Å². The smallest absolute Gasteiger partial charge is 0.269 e.